The van der Waals surface area contributed by atoms with Gasteiger partial charge in [0.1, 0.15) is 0 Å². The molecule has 5 nitrogen and oxygen atoms in total. The first-order chi connectivity index (χ1) is 8.77. The number of benzene rings is 1. The summed E-state index contributed by atoms with van der Waals surface area (Å²) in [6.07, 6.45) is 0.621. The second kappa shape index (κ2) is 6.36. The van der Waals surface area contributed by atoms with Crippen LogP contribution < -0.4 is 10.5 Å². The molecule has 1 rings (SSSR count). The molecule has 0 aliphatic carbocycles. The summed E-state index contributed by atoms with van der Waals surface area (Å²) in [5.41, 5.74) is 7.72. The lowest BCUT2D eigenvalue weighted by Gasteiger charge is -2.16. The van der Waals surface area contributed by atoms with E-state index in [0.29, 0.717) is 24.3 Å². The Kier molecular flexibility index (Phi) is 5.34. The molecule has 0 saturated carbocycles. The molecule has 0 aliphatic heterocycles. The number of ether oxygens (including phenoxy) is 1. The lowest BCUT2D eigenvalue weighted by Crippen LogP contribution is -2.34. The van der Waals surface area contributed by atoms with Crippen molar-refractivity contribution >= 4 is 15.7 Å². The summed E-state index contributed by atoms with van der Waals surface area (Å²) in [6, 6.07) is 3.21. The lowest BCUT2D eigenvalue weighted by atomic mass is 10.1. The molecule has 1 aromatic rings. The van der Waals surface area contributed by atoms with Crippen LogP contribution in [0, 0.1) is 13.8 Å². The standard InChI is InChI=1S/C13H22N2O3S/c1-9-7-12(14)11(3)13(8-9)19(16,17)15-10(2)5-6-18-4/h7-8,10,15H,5-6,14H2,1-4H3. The fourth-order valence-electron chi connectivity index (χ4n) is 1.81. The molecular formula is C13H22N2O3S. The topological polar surface area (TPSA) is 81.4 Å². The van der Waals surface area contributed by atoms with Crippen molar-refractivity contribution < 1.29 is 13.2 Å². The number of methoxy groups -OCH3 is 1. The Morgan fingerprint density at radius 3 is 2.58 bits per heavy atom. The highest BCUT2D eigenvalue weighted by Crippen LogP contribution is 2.23. The van der Waals surface area contributed by atoms with E-state index in [9.17, 15) is 8.42 Å². The minimum atomic E-state index is -3.55. The van der Waals surface area contributed by atoms with E-state index in [1.807, 2.05) is 13.8 Å². The summed E-state index contributed by atoms with van der Waals surface area (Å²) in [5.74, 6) is 0. The second-order valence-corrected chi connectivity index (χ2v) is 6.46. The first kappa shape index (κ1) is 15.9. The Balaban J connectivity index is 3.01. The molecule has 0 bridgehead atoms. The molecule has 0 saturated heterocycles. The molecule has 0 amide bonds. The van der Waals surface area contributed by atoms with Gasteiger partial charge in [-0.3, -0.25) is 0 Å². The Labute approximate surface area is 115 Å². The van der Waals surface area contributed by atoms with E-state index < -0.39 is 10.0 Å². The van der Waals surface area contributed by atoms with Crippen LogP contribution in [-0.4, -0.2) is 28.2 Å². The van der Waals surface area contributed by atoms with Gasteiger partial charge in [-0.1, -0.05) is 0 Å². The molecule has 0 aliphatic rings. The van der Waals surface area contributed by atoms with Gasteiger partial charge >= 0.3 is 0 Å². The summed E-state index contributed by atoms with van der Waals surface area (Å²) >= 11 is 0. The minimum Gasteiger partial charge on any atom is -0.398 e. The SMILES string of the molecule is COCCC(C)NS(=O)(=O)c1cc(C)cc(N)c1C. The van der Waals surface area contributed by atoms with Crippen molar-refractivity contribution in [3.8, 4) is 0 Å². The van der Waals surface area contributed by atoms with Gasteiger partial charge in [-0.05, 0) is 50.5 Å². The highest BCUT2D eigenvalue weighted by atomic mass is 32.2. The molecule has 19 heavy (non-hydrogen) atoms. The van der Waals surface area contributed by atoms with Crippen molar-refractivity contribution in [2.24, 2.45) is 0 Å². The Morgan fingerprint density at radius 2 is 2.00 bits per heavy atom. The molecule has 0 heterocycles. The zero-order chi connectivity index (χ0) is 14.6. The first-order valence-electron chi connectivity index (χ1n) is 6.16. The van der Waals surface area contributed by atoms with E-state index in [0.717, 1.165) is 5.56 Å². The number of hydrogen-bond acceptors (Lipinski definition) is 4. The van der Waals surface area contributed by atoms with E-state index in [4.69, 9.17) is 10.5 Å². The molecule has 0 spiro atoms. The third-order valence-corrected chi connectivity index (χ3v) is 4.66. The van der Waals surface area contributed by atoms with Crippen LogP contribution in [-0.2, 0) is 14.8 Å². The number of hydrogen-bond donors (Lipinski definition) is 2. The molecule has 108 valence electrons. The molecule has 3 N–H and O–H groups in total. The summed E-state index contributed by atoms with van der Waals surface area (Å²) in [7, 11) is -1.96. The third-order valence-electron chi connectivity index (χ3n) is 2.95. The number of rotatable bonds is 6. The van der Waals surface area contributed by atoms with Crippen molar-refractivity contribution in [1.82, 2.24) is 4.72 Å². The largest absolute Gasteiger partial charge is 0.398 e. The van der Waals surface area contributed by atoms with E-state index in [1.165, 1.54) is 0 Å². The third kappa shape index (κ3) is 4.19. The van der Waals surface area contributed by atoms with Gasteiger partial charge in [0.2, 0.25) is 10.0 Å². The second-order valence-electron chi connectivity index (χ2n) is 4.78. The first-order valence-corrected chi connectivity index (χ1v) is 7.64. The van der Waals surface area contributed by atoms with Gasteiger partial charge in [-0.2, -0.15) is 0 Å². The number of sulfonamides is 1. The van der Waals surface area contributed by atoms with Gasteiger partial charge in [0.05, 0.1) is 4.90 Å². The summed E-state index contributed by atoms with van der Waals surface area (Å²) in [4.78, 5) is 0.245. The van der Waals surface area contributed by atoms with Gasteiger partial charge in [0.25, 0.3) is 0 Å². The average molecular weight is 286 g/mol. The molecule has 0 fully saturated rings. The molecule has 6 heteroatoms. The maximum absolute atomic E-state index is 12.3. The lowest BCUT2D eigenvalue weighted by molar-refractivity contribution is 0.188. The molecule has 0 radical (unpaired) electrons. The van der Waals surface area contributed by atoms with Crippen LogP contribution in [0.2, 0.25) is 0 Å². The van der Waals surface area contributed by atoms with Crippen LogP contribution in [0.15, 0.2) is 17.0 Å². The van der Waals surface area contributed by atoms with Crippen LogP contribution in [0.3, 0.4) is 0 Å². The highest BCUT2D eigenvalue weighted by molar-refractivity contribution is 7.89. The number of nitrogens with two attached hydrogens (primary N) is 1. The molecule has 1 unspecified atom stereocenters. The zero-order valence-corrected chi connectivity index (χ0v) is 12.7. The van der Waals surface area contributed by atoms with E-state index >= 15 is 0 Å². The van der Waals surface area contributed by atoms with Crippen molar-refractivity contribution in [1.29, 1.82) is 0 Å². The quantitative estimate of drug-likeness (QED) is 0.778. The highest BCUT2D eigenvalue weighted by Gasteiger charge is 2.20. The average Bonchev–Trinajstić information content (AvgIpc) is 2.30. The van der Waals surface area contributed by atoms with Crippen LogP contribution >= 0.6 is 0 Å². The predicted octanol–water partition coefficient (Wildman–Crippen LogP) is 1.59. The number of anilines is 1. The Bertz CT molecular complexity index is 541. The Morgan fingerprint density at radius 1 is 1.37 bits per heavy atom. The van der Waals surface area contributed by atoms with Crippen molar-refractivity contribution in [2.75, 3.05) is 19.5 Å². The smallest absolute Gasteiger partial charge is 0.241 e. The molecule has 1 atom stereocenters. The predicted molar refractivity (Wildman–Crippen MR) is 76.6 cm³/mol. The normalized spacial score (nSPS) is 13.5. The molecule has 0 aromatic heterocycles. The maximum atomic E-state index is 12.3. The van der Waals surface area contributed by atoms with Crippen LogP contribution in [0.5, 0.6) is 0 Å². The van der Waals surface area contributed by atoms with Gasteiger partial charge in [-0.15, -0.1) is 0 Å². The minimum absolute atomic E-state index is 0.189. The van der Waals surface area contributed by atoms with Crippen molar-refractivity contribution in [3.05, 3.63) is 23.3 Å². The maximum Gasteiger partial charge on any atom is 0.241 e. The van der Waals surface area contributed by atoms with Gasteiger partial charge in [0.15, 0.2) is 0 Å². The summed E-state index contributed by atoms with van der Waals surface area (Å²) in [5, 5.41) is 0. The molecular weight excluding hydrogens is 264 g/mol. The van der Waals surface area contributed by atoms with Gasteiger partial charge in [-0.25, -0.2) is 13.1 Å². The van der Waals surface area contributed by atoms with E-state index in [1.54, 1.807) is 26.2 Å². The zero-order valence-electron chi connectivity index (χ0n) is 11.9. The van der Waals surface area contributed by atoms with Crippen molar-refractivity contribution in [3.63, 3.8) is 0 Å². The summed E-state index contributed by atoms with van der Waals surface area (Å²) < 4.78 is 32.2. The van der Waals surface area contributed by atoms with E-state index in [-0.39, 0.29) is 10.9 Å². The van der Waals surface area contributed by atoms with Crippen molar-refractivity contribution in [2.45, 2.75) is 38.1 Å². The van der Waals surface area contributed by atoms with Crippen LogP contribution in [0.25, 0.3) is 0 Å². The van der Waals surface area contributed by atoms with Gasteiger partial charge < -0.3 is 10.5 Å². The fourth-order valence-corrected chi connectivity index (χ4v) is 3.45. The number of nitrogens with one attached hydrogen (secondary N) is 1. The van der Waals surface area contributed by atoms with E-state index in [2.05, 4.69) is 4.72 Å². The van der Waals surface area contributed by atoms with Crippen LogP contribution in [0.4, 0.5) is 5.69 Å². The fraction of sp³-hybridized carbons (Fsp3) is 0.538. The van der Waals surface area contributed by atoms with Gasteiger partial charge in [0, 0.05) is 25.4 Å². The summed E-state index contributed by atoms with van der Waals surface area (Å²) in [6.45, 7) is 5.86. The molecule has 1 aromatic carbocycles. The van der Waals surface area contributed by atoms with Crippen LogP contribution in [0.1, 0.15) is 24.5 Å². The number of nitrogen functional groups attached to an aromatic ring is 1. The number of aryl methyl sites for hydroxylation is 1. The Hall–Kier alpha value is -1.11. The monoisotopic (exact) mass is 286 g/mol.